The van der Waals surface area contributed by atoms with E-state index in [9.17, 15) is 8.42 Å². The smallest absolute Gasteiger partial charge is 0.179 e. The maximum absolute atomic E-state index is 11.7. The van der Waals surface area contributed by atoms with Gasteiger partial charge in [-0.15, -0.1) is 0 Å². The van der Waals surface area contributed by atoms with Crippen molar-refractivity contribution in [2.45, 2.75) is 43.5 Å². The van der Waals surface area contributed by atoms with E-state index in [0.29, 0.717) is 22.7 Å². The summed E-state index contributed by atoms with van der Waals surface area (Å²) in [7, 11) is -3.22. The van der Waals surface area contributed by atoms with Crippen LogP contribution in [-0.4, -0.2) is 25.7 Å². The Bertz CT molecular complexity index is 513. The fourth-order valence-electron chi connectivity index (χ4n) is 2.56. The SMILES string of the molecule is CC1CCCC(Nc2ncccc2S(C)(=O)=O)C1. The summed E-state index contributed by atoms with van der Waals surface area (Å²) >= 11 is 0. The van der Waals surface area contributed by atoms with Gasteiger partial charge in [0.25, 0.3) is 0 Å². The minimum atomic E-state index is -3.22. The summed E-state index contributed by atoms with van der Waals surface area (Å²) in [6.07, 6.45) is 7.48. The molecule has 0 spiro atoms. The van der Waals surface area contributed by atoms with Crippen molar-refractivity contribution in [2.24, 2.45) is 5.92 Å². The van der Waals surface area contributed by atoms with E-state index < -0.39 is 9.84 Å². The van der Waals surface area contributed by atoms with Gasteiger partial charge < -0.3 is 5.32 Å². The summed E-state index contributed by atoms with van der Waals surface area (Å²) in [4.78, 5) is 4.47. The van der Waals surface area contributed by atoms with Crippen LogP contribution in [0.15, 0.2) is 23.2 Å². The maximum atomic E-state index is 11.7. The van der Waals surface area contributed by atoms with Crippen LogP contribution in [0.3, 0.4) is 0 Å². The van der Waals surface area contributed by atoms with Gasteiger partial charge >= 0.3 is 0 Å². The molecule has 1 aliphatic carbocycles. The lowest BCUT2D eigenvalue weighted by Crippen LogP contribution is -2.27. The molecule has 0 amide bonds. The second-order valence-corrected chi connectivity index (χ2v) is 7.22. The Labute approximate surface area is 109 Å². The van der Waals surface area contributed by atoms with Crippen LogP contribution in [0.5, 0.6) is 0 Å². The topological polar surface area (TPSA) is 59.1 Å². The van der Waals surface area contributed by atoms with Gasteiger partial charge in [0.2, 0.25) is 0 Å². The van der Waals surface area contributed by atoms with E-state index in [-0.39, 0.29) is 0 Å². The molecule has 1 aromatic heterocycles. The Balaban J connectivity index is 2.19. The second kappa shape index (κ2) is 5.26. The first kappa shape index (κ1) is 13.3. The summed E-state index contributed by atoms with van der Waals surface area (Å²) < 4.78 is 23.4. The molecule has 0 saturated heterocycles. The van der Waals surface area contributed by atoms with E-state index >= 15 is 0 Å². The van der Waals surface area contributed by atoms with Crippen molar-refractivity contribution in [1.82, 2.24) is 4.98 Å². The van der Waals surface area contributed by atoms with Gasteiger partial charge in [-0.05, 0) is 30.9 Å². The zero-order chi connectivity index (χ0) is 13.2. The Kier molecular flexibility index (Phi) is 3.90. The van der Waals surface area contributed by atoms with Crippen molar-refractivity contribution in [3.05, 3.63) is 18.3 Å². The number of rotatable bonds is 3. The minimum absolute atomic E-state index is 0.295. The van der Waals surface area contributed by atoms with Crippen molar-refractivity contribution < 1.29 is 8.42 Å². The molecule has 2 atom stereocenters. The van der Waals surface area contributed by atoms with Crippen LogP contribution in [-0.2, 0) is 9.84 Å². The molecule has 2 unspecified atom stereocenters. The lowest BCUT2D eigenvalue weighted by atomic mass is 9.87. The molecular formula is C13H20N2O2S. The number of nitrogens with one attached hydrogen (secondary N) is 1. The normalized spacial score (nSPS) is 24.8. The number of anilines is 1. The molecule has 0 aromatic carbocycles. The van der Waals surface area contributed by atoms with Gasteiger partial charge in [-0.3, -0.25) is 0 Å². The first-order valence-corrected chi connectivity index (χ1v) is 8.27. The molecular weight excluding hydrogens is 248 g/mol. The fourth-order valence-corrected chi connectivity index (χ4v) is 3.35. The predicted octanol–water partition coefficient (Wildman–Crippen LogP) is 2.48. The highest BCUT2D eigenvalue weighted by Gasteiger charge is 2.21. The summed E-state index contributed by atoms with van der Waals surface area (Å²) in [6.45, 7) is 2.24. The number of aromatic nitrogens is 1. The van der Waals surface area contributed by atoms with Crippen LogP contribution in [0.25, 0.3) is 0 Å². The maximum Gasteiger partial charge on any atom is 0.179 e. The minimum Gasteiger partial charge on any atom is -0.366 e. The third kappa shape index (κ3) is 3.22. The van der Waals surface area contributed by atoms with Gasteiger partial charge in [0.15, 0.2) is 9.84 Å². The second-order valence-electron chi connectivity index (χ2n) is 5.24. The lowest BCUT2D eigenvalue weighted by Gasteiger charge is -2.28. The lowest BCUT2D eigenvalue weighted by molar-refractivity contribution is 0.358. The van der Waals surface area contributed by atoms with Gasteiger partial charge in [0.05, 0.1) is 0 Å². The quantitative estimate of drug-likeness (QED) is 0.915. The van der Waals surface area contributed by atoms with Crippen LogP contribution in [0.2, 0.25) is 0 Å². The molecule has 18 heavy (non-hydrogen) atoms. The average molecular weight is 268 g/mol. The predicted molar refractivity (Wildman–Crippen MR) is 72.4 cm³/mol. The first-order valence-electron chi connectivity index (χ1n) is 6.38. The van der Waals surface area contributed by atoms with Gasteiger partial charge in [-0.2, -0.15) is 0 Å². The zero-order valence-corrected chi connectivity index (χ0v) is 11.7. The van der Waals surface area contributed by atoms with Crippen molar-refractivity contribution in [3.8, 4) is 0 Å². The van der Waals surface area contributed by atoms with Crippen LogP contribution in [0.1, 0.15) is 32.6 Å². The number of nitrogens with zero attached hydrogens (tertiary/aromatic N) is 1. The Hall–Kier alpha value is -1.10. The third-order valence-electron chi connectivity index (χ3n) is 3.45. The molecule has 4 nitrogen and oxygen atoms in total. The molecule has 1 aliphatic rings. The van der Waals surface area contributed by atoms with E-state index in [1.54, 1.807) is 18.3 Å². The number of sulfone groups is 1. The summed E-state index contributed by atoms with van der Waals surface area (Å²) in [5.74, 6) is 1.20. The number of hydrogen-bond acceptors (Lipinski definition) is 4. The molecule has 1 aromatic rings. The van der Waals surface area contributed by atoms with E-state index in [0.717, 1.165) is 12.8 Å². The van der Waals surface area contributed by atoms with Crippen molar-refractivity contribution in [2.75, 3.05) is 11.6 Å². The Morgan fingerprint density at radius 3 is 2.83 bits per heavy atom. The molecule has 1 fully saturated rings. The van der Waals surface area contributed by atoms with Crippen LogP contribution in [0, 0.1) is 5.92 Å². The van der Waals surface area contributed by atoms with Gasteiger partial charge in [-0.25, -0.2) is 13.4 Å². The van der Waals surface area contributed by atoms with E-state index in [1.165, 1.54) is 19.1 Å². The molecule has 1 N–H and O–H groups in total. The van der Waals surface area contributed by atoms with Crippen LogP contribution in [0.4, 0.5) is 5.82 Å². The monoisotopic (exact) mass is 268 g/mol. The zero-order valence-electron chi connectivity index (χ0n) is 10.9. The fraction of sp³-hybridized carbons (Fsp3) is 0.615. The number of hydrogen-bond donors (Lipinski definition) is 1. The van der Waals surface area contributed by atoms with Gasteiger partial charge in [-0.1, -0.05) is 19.8 Å². The van der Waals surface area contributed by atoms with Crippen LogP contribution < -0.4 is 5.32 Å². The molecule has 0 aliphatic heterocycles. The standard InChI is InChI=1S/C13H20N2O2S/c1-10-5-3-6-11(9-10)15-13-12(18(2,16)17)7-4-8-14-13/h4,7-8,10-11H,3,5-6,9H2,1-2H3,(H,14,15). The van der Waals surface area contributed by atoms with Gasteiger partial charge in [0.1, 0.15) is 10.7 Å². The number of pyridine rings is 1. The largest absolute Gasteiger partial charge is 0.366 e. The molecule has 0 radical (unpaired) electrons. The summed E-state index contributed by atoms with van der Waals surface area (Å²) in [6, 6.07) is 3.60. The molecule has 100 valence electrons. The molecule has 2 rings (SSSR count). The average Bonchev–Trinajstić information content (AvgIpc) is 2.28. The first-order chi connectivity index (χ1) is 8.47. The van der Waals surface area contributed by atoms with Crippen LogP contribution >= 0.6 is 0 Å². The Morgan fingerprint density at radius 1 is 1.39 bits per heavy atom. The highest BCUT2D eigenvalue weighted by Crippen LogP contribution is 2.27. The van der Waals surface area contributed by atoms with E-state index in [4.69, 9.17) is 0 Å². The molecule has 5 heteroatoms. The van der Waals surface area contributed by atoms with E-state index in [1.807, 2.05) is 0 Å². The van der Waals surface area contributed by atoms with Crippen molar-refractivity contribution in [3.63, 3.8) is 0 Å². The Morgan fingerprint density at radius 2 is 2.17 bits per heavy atom. The molecule has 1 heterocycles. The molecule has 0 bridgehead atoms. The third-order valence-corrected chi connectivity index (χ3v) is 4.58. The highest BCUT2D eigenvalue weighted by atomic mass is 32.2. The highest BCUT2D eigenvalue weighted by molar-refractivity contribution is 7.90. The van der Waals surface area contributed by atoms with E-state index in [2.05, 4.69) is 17.2 Å². The van der Waals surface area contributed by atoms with Crippen molar-refractivity contribution in [1.29, 1.82) is 0 Å². The van der Waals surface area contributed by atoms with Crippen molar-refractivity contribution >= 4 is 15.7 Å². The molecule has 1 saturated carbocycles. The van der Waals surface area contributed by atoms with Gasteiger partial charge in [0, 0.05) is 18.5 Å². The summed E-state index contributed by atoms with van der Waals surface area (Å²) in [5.41, 5.74) is 0. The summed E-state index contributed by atoms with van der Waals surface area (Å²) in [5, 5.41) is 3.30.